The number of nitrogens with zero attached hydrogens (tertiary/aromatic N) is 3. The number of rotatable bonds is 7. The summed E-state index contributed by atoms with van der Waals surface area (Å²) in [6.45, 7) is 3.10. The molecule has 0 amide bonds. The van der Waals surface area contributed by atoms with Crippen molar-refractivity contribution in [3.8, 4) is 17.1 Å². The molecule has 0 saturated carbocycles. The van der Waals surface area contributed by atoms with Crippen LogP contribution in [-0.2, 0) is 6.54 Å². The summed E-state index contributed by atoms with van der Waals surface area (Å²) in [5.41, 5.74) is 0.836. The van der Waals surface area contributed by atoms with Crippen LogP contribution in [0.25, 0.3) is 11.4 Å². The molecule has 0 saturated heterocycles. The summed E-state index contributed by atoms with van der Waals surface area (Å²) in [5.74, 6) is 1.94. The smallest absolute Gasteiger partial charge is 0.240 e. The lowest BCUT2D eigenvalue weighted by atomic mass is 10.3. The molecule has 6 nitrogen and oxygen atoms in total. The van der Waals surface area contributed by atoms with Crippen LogP contribution in [0.5, 0.6) is 5.75 Å². The van der Waals surface area contributed by atoms with Crippen LogP contribution in [0.15, 0.2) is 59.4 Å². The topological polar surface area (TPSA) is 73.1 Å². The molecule has 23 heavy (non-hydrogen) atoms. The number of ether oxygens (including phenoxy) is 1. The van der Waals surface area contributed by atoms with Gasteiger partial charge in [0.1, 0.15) is 12.4 Å². The molecule has 1 aromatic carbocycles. The summed E-state index contributed by atoms with van der Waals surface area (Å²) in [6, 6.07) is 13.6. The number of nitrogens with one attached hydrogen (secondary N) is 1. The van der Waals surface area contributed by atoms with Gasteiger partial charge in [-0.05, 0) is 31.2 Å². The predicted molar refractivity (Wildman–Crippen MR) is 85.8 cm³/mol. The molecule has 0 aliphatic heterocycles. The lowest BCUT2D eigenvalue weighted by molar-refractivity contribution is 0.265. The van der Waals surface area contributed by atoms with Gasteiger partial charge < -0.3 is 14.6 Å². The Morgan fingerprint density at radius 3 is 2.83 bits per heavy atom. The van der Waals surface area contributed by atoms with Crippen LogP contribution < -0.4 is 10.1 Å². The van der Waals surface area contributed by atoms with Gasteiger partial charge in [0.2, 0.25) is 11.7 Å². The standard InChI is InChI=1S/C17H18N4O2/c1-13(12-22-15-7-3-2-4-8-15)19-11-16-20-17(21-23-16)14-6-5-9-18-10-14/h2-10,13,19H,11-12H2,1H3/t13-/m0/s1. The SMILES string of the molecule is C[C@@H](COc1ccccc1)NCc1nc(-c2cccnc2)no1. The molecule has 2 aromatic heterocycles. The molecular formula is C17H18N4O2. The van der Waals surface area contributed by atoms with Crippen LogP contribution in [-0.4, -0.2) is 27.8 Å². The number of para-hydroxylation sites is 1. The molecule has 3 rings (SSSR count). The van der Waals surface area contributed by atoms with Gasteiger partial charge in [-0.15, -0.1) is 0 Å². The van der Waals surface area contributed by atoms with Crippen molar-refractivity contribution in [2.75, 3.05) is 6.61 Å². The van der Waals surface area contributed by atoms with E-state index in [4.69, 9.17) is 9.26 Å². The predicted octanol–water partition coefficient (Wildman–Crippen LogP) is 2.69. The van der Waals surface area contributed by atoms with Gasteiger partial charge in [-0.1, -0.05) is 23.4 Å². The Bertz CT molecular complexity index is 716. The van der Waals surface area contributed by atoms with Crippen LogP contribution >= 0.6 is 0 Å². The maximum absolute atomic E-state index is 5.69. The second-order valence-corrected chi connectivity index (χ2v) is 5.16. The molecule has 0 fully saturated rings. The summed E-state index contributed by atoms with van der Waals surface area (Å²) < 4.78 is 10.9. The monoisotopic (exact) mass is 310 g/mol. The van der Waals surface area contributed by atoms with E-state index in [1.807, 2.05) is 49.4 Å². The Hall–Kier alpha value is -2.73. The Morgan fingerprint density at radius 1 is 1.17 bits per heavy atom. The first-order valence-corrected chi connectivity index (χ1v) is 7.45. The first-order chi connectivity index (χ1) is 11.3. The normalized spacial score (nSPS) is 12.0. The number of pyridine rings is 1. The third-order valence-electron chi connectivity index (χ3n) is 3.23. The zero-order valence-corrected chi connectivity index (χ0v) is 12.8. The first-order valence-electron chi connectivity index (χ1n) is 7.45. The Labute approximate surface area is 134 Å². The van der Waals surface area contributed by atoms with E-state index in [0.717, 1.165) is 11.3 Å². The van der Waals surface area contributed by atoms with Crippen molar-refractivity contribution in [3.63, 3.8) is 0 Å². The van der Waals surface area contributed by atoms with Crippen LogP contribution in [0.1, 0.15) is 12.8 Å². The number of hydrogen-bond acceptors (Lipinski definition) is 6. The molecular weight excluding hydrogens is 292 g/mol. The highest BCUT2D eigenvalue weighted by atomic mass is 16.5. The molecule has 1 atom stereocenters. The second kappa shape index (κ2) is 7.51. The van der Waals surface area contributed by atoms with E-state index < -0.39 is 0 Å². The summed E-state index contributed by atoms with van der Waals surface area (Å²) >= 11 is 0. The van der Waals surface area contributed by atoms with Crippen molar-refractivity contribution in [1.29, 1.82) is 0 Å². The highest BCUT2D eigenvalue weighted by molar-refractivity contribution is 5.51. The van der Waals surface area contributed by atoms with Gasteiger partial charge in [-0.2, -0.15) is 4.98 Å². The fourth-order valence-corrected chi connectivity index (χ4v) is 2.00. The van der Waals surface area contributed by atoms with Gasteiger partial charge in [0.05, 0.1) is 6.54 Å². The Morgan fingerprint density at radius 2 is 2.04 bits per heavy atom. The van der Waals surface area contributed by atoms with Gasteiger partial charge in [0, 0.05) is 24.0 Å². The third kappa shape index (κ3) is 4.37. The first kappa shape index (κ1) is 15.2. The Kier molecular flexibility index (Phi) is 4.95. The minimum Gasteiger partial charge on any atom is -0.492 e. The van der Waals surface area contributed by atoms with Crippen molar-refractivity contribution < 1.29 is 9.26 Å². The Balaban J connectivity index is 1.48. The van der Waals surface area contributed by atoms with Crippen molar-refractivity contribution >= 4 is 0 Å². The summed E-state index contributed by atoms with van der Waals surface area (Å²) in [4.78, 5) is 8.39. The molecule has 0 spiro atoms. The average molecular weight is 310 g/mol. The summed E-state index contributed by atoms with van der Waals surface area (Å²) in [6.07, 6.45) is 3.42. The highest BCUT2D eigenvalue weighted by Gasteiger charge is 2.10. The number of benzene rings is 1. The summed E-state index contributed by atoms with van der Waals surface area (Å²) in [5, 5.41) is 7.26. The van der Waals surface area contributed by atoms with Crippen LogP contribution in [0.3, 0.4) is 0 Å². The van der Waals surface area contributed by atoms with Crippen LogP contribution in [0, 0.1) is 0 Å². The van der Waals surface area contributed by atoms with Gasteiger partial charge >= 0.3 is 0 Å². The number of hydrogen-bond donors (Lipinski definition) is 1. The van der Waals surface area contributed by atoms with Crippen molar-refractivity contribution in [3.05, 3.63) is 60.7 Å². The van der Waals surface area contributed by atoms with E-state index in [-0.39, 0.29) is 6.04 Å². The fraction of sp³-hybridized carbons (Fsp3) is 0.235. The lowest BCUT2D eigenvalue weighted by Gasteiger charge is -2.13. The maximum atomic E-state index is 5.69. The molecule has 118 valence electrons. The molecule has 0 aliphatic rings. The quantitative estimate of drug-likeness (QED) is 0.723. The molecule has 0 bridgehead atoms. The minimum absolute atomic E-state index is 0.156. The maximum Gasteiger partial charge on any atom is 0.240 e. The van der Waals surface area contributed by atoms with Gasteiger partial charge in [0.25, 0.3) is 0 Å². The zero-order valence-electron chi connectivity index (χ0n) is 12.8. The van der Waals surface area contributed by atoms with E-state index in [2.05, 4.69) is 20.4 Å². The molecule has 0 unspecified atom stereocenters. The van der Waals surface area contributed by atoms with Crippen molar-refractivity contribution in [2.24, 2.45) is 0 Å². The second-order valence-electron chi connectivity index (χ2n) is 5.16. The molecule has 1 N–H and O–H groups in total. The van der Waals surface area contributed by atoms with E-state index in [9.17, 15) is 0 Å². The lowest BCUT2D eigenvalue weighted by Crippen LogP contribution is -2.31. The fourth-order valence-electron chi connectivity index (χ4n) is 2.00. The van der Waals surface area contributed by atoms with Crippen molar-refractivity contribution in [1.82, 2.24) is 20.4 Å². The molecule has 0 radical (unpaired) electrons. The van der Waals surface area contributed by atoms with Crippen molar-refractivity contribution in [2.45, 2.75) is 19.5 Å². The van der Waals surface area contributed by atoms with E-state index in [1.165, 1.54) is 0 Å². The molecule has 0 aliphatic carbocycles. The molecule has 2 heterocycles. The van der Waals surface area contributed by atoms with Gasteiger partial charge in [-0.25, -0.2) is 0 Å². The third-order valence-corrected chi connectivity index (χ3v) is 3.23. The average Bonchev–Trinajstić information content (AvgIpc) is 3.09. The molecule has 6 heteroatoms. The van der Waals surface area contributed by atoms with E-state index in [0.29, 0.717) is 24.9 Å². The van der Waals surface area contributed by atoms with Gasteiger partial charge in [-0.3, -0.25) is 4.98 Å². The molecule has 3 aromatic rings. The zero-order chi connectivity index (χ0) is 15.9. The van der Waals surface area contributed by atoms with Crippen LogP contribution in [0.4, 0.5) is 0 Å². The summed E-state index contributed by atoms with van der Waals surface area (Å²) in [7, 11) is 0. The van der Waals surface area contributed by atoms with E-state index in [1.54, 1.807) is 12.4 Å². The van der Waals surface area contributed by atoms with Gasteiger partial charge in [0.15, 0.2) is 0 Å². The highest BCUT2D eigenvalue weighted by Crippen LogP contribution is 2.13. The largest absolute Gasteiger partial charge is 0.492 e. The minimum atomic E-state index is 0.156. The number of aromatic nitrogens is 3. The van der Waals surface area contributed by atoms with Crippen LogP contribution in [0.2, 0.25) is 0 Å². The van der Waals surface area contributed by atoms with E-state index >= 15 is 0 Å².